The van der Waals surface area contributed by atoms with Crippen LogP contribution in [0.15, 0.2) is 42.7 Å². The van der Waals surface area contributed by atoms with Gasteiger partial charge in [-0.15, -0.1) is 0 Å². The molecular weight excluding hydrogens is 492 g/mol. The van der Waals surface area contributed by atoms with Gasteiger partial charge in [0.2, 0.25) is 6.29 Å². The first-order valence-electron chi connectivity index (χ1n) is 11.9. The quantitative estimate of drug-likeness (QED) is 0.155. The molecule has 3 aliphatic heterocycles. The second kappa shape index (κ2) is 10.3. The molecule has 0 bridgehead atoms. The van der Waals surface area contributed by atoms with Gasteiger partial charge in [-0.25, -0.2) is 4.79 Å². The summed E-state index contributed by atoms with van der Waals surface area (Å²) < 4.78 is 33.5. The van der Waals surface area contributed by atoms with Crippen molar-refractivity contribution in [2.75, 3.05) is 20.3 Å². The summed E-state index contributed by atoms with van der Waals surface area (Å²) in [5.41, 5.74) is -0.341. The van der Waals surface area contributed by atoms with Crippen LogP contribution in [0.1, 0.15) is 5.56 Å². The largest absolute Gasteiger partial charge is 0.497 e. The molecule has 3 heterocycles. The van der Waals surface area contributed by atoms with Crippen LogP contribution in [0.5, 0.6) is 5.75 Å². The van der Waals surface area contributed by atoms with Gasteiger partial charge in [0.1, 0.15) is 48.0 Å². The van der Waals surface area contributed by atoms with Crippen LogP contribution in [0.3, 0.4) is 0 Å². The highest BCUT2D eigenvalue weighted by Crippen LogP contribution is 2.60. The first kappa shape index (κ1) is 26.1. The summed E-state index contributed by atoms with van der Waals surface area (Å²) in [4.78, 5) is 12.6. The van der Waals surface area contributed by atoms with Crippen LogP contribution >= 0.6 is 0 Å². The van der Waals surface area contributed by atoms with Gasteiger partial charge in [-0.2, -0.15) is 0 Å². The summed E-state index contributed by atoms with van der Waals surface area (Å²) in [5.74, 6) is -1.01. The lowest BCUT2D eigenvalue weighted by molar-refractivity contribution is -0.344. The highest BCUT2D eigenvalue weighted by atomic mass is 16.8. The van der Waals surface area contributed by atoms with Crippen molar-refractivity contribution in [2.45, 2.75) is 54.8 Å². The summed E-state index contributed by atoms with van der Waals surface area (Å²) in [6.45, 7) is -1.02. The molecule has 1 saturated carbocycles. The van der Waals surface area contributed by atoms with Crippen LogP contribution in [0.2, 0.25) is 0 Å². The number of methoxy groups -OCH3 is 1. The van der Waals surface area contributed by atoms with E-state index < -0.39 is 85.8 Å². The van der Waals surface area contributed by atoms with Gasteiger partial charge in [-0.3, -0.25) is 0 Å². The zero-order valence-electron chi connectivity index (χ0n) is 19.9. The standard InChI is InChI=1S/C25H30O12/c1-32-13-5-2-12(3-6-13)4-7-16(28)35-21-14-8-9-33-23(17(14)25(11-27)22(21)37-25)36-24-20(31)19(30)18(29)15(10-26)34-24/h2-9,14-15,17-24,26-27,29-31H,10-11H2,1H3/b7-4+/t14-,15-,17?,18-,19+,20-,21+,22+,23+,24+,25-/m1/s1. The lowest BCUT2D eigenvalue weighted by Gasteiger charge is -2.43. The number of aliphatic hydroxyl groups excluding tert-OH is 5. The van der Waals surface area contributed by atoms with Crippen LogP contribution in [0, 0.1) is 11.8 Å². The van der Waals surface area contributed by atoms with Crippen LogP contribution in [-0.4, -0.2) is 107 Å². The monoisotopic (exact) mass is 522 g/mol. The molecule has 0 aromatic heterocycles. The van der Waals surface area contributed by atoms with Gasteiger partial charge >= 0.3 is 5.97 Å². The topological polar surface area (TPSA) is 177 Å². The van der Waals surface area contributed by atoms with Gasteiger partial charge in [0.05, 0.1) is 32.5 Å². The number of fused-ring (bicyclic) bond motifs is 3. The molecule has 0 spiro atoms. The Morgan fingerprint density at radius 2 is 1.84 bits per heavy atom. The molecule has 2 saturated heterocycles. The molecule has 3 fully saturated rings. The smallest absolute Gasteiger partial charge is 0.331 e. The van der Waals surface area contributed by atoms with Crippen molar-refractivity contribution in [3.05, 3.63) is 48.2 Å². The number of benzene rings is 1. The normalized spacial score (nSPS) is 42.1. The molecule has 1 aliphatic carbocycles. The Bertz CT molecular complexity index is 1030. The predicted molar refractivity (Wildman–Crippen MR) is 122 cm³/mol. The lowest BCUT2D eigenvalue weighted by atomic mass is 9.85. The first-order chi connectivity index (χ1) is 17.8. The number of hydrogen-bond acceptors (Lipinski definition) is 12. The van der Waals surface area contributed by atoms with Crippen molar-refractivity contribution in [3.8, 4) is 5.75 Å². The first-order valence-corrected chi connectivity index (χ1v) is 11.9. The zero-order chi connectivity index (χ0) is 26.3. The van der Waals surface area contributed by atoms with E-state index in [1.165, 1.54) is 12.3 Å². The third-order valence-corrected chi connectivity index (χ3v) is 7.38. The molecule has 1 aromatic carbocycles. The molecular formula is C25H30O12. The van der Waals surface area contributed by atoms with Gasteiger partial charge in [-0.05, 0) is 29.8 Å². The number of carbonyl (C=O) groups is 1. The van der Waals surface area contributed by atoms with Crippen LogP contribution in [0.25, 0.3) is 6.08 Å². The lowest BCUT2D eigenvalue weighted by Crippen LogP contribution is -2.60. The van der Waals surface area contributed by atoms with Crippen molar-refractivity contribution in [2.24, 2.45) is 11.8 Å². The van der Waals surface area contributed by atoms with E-state index in [1.807, 2.05) is 0 Å². The molecule has 37 heavy (non-hydrogen) atoms. The summed E-state index contributed by atoms with van der Waals surface area (Å²) >= 11 is 0. The second-order valence-electron chi connectivity index (χ2n) is 9.43. The number of epoxide rings is 1. The van der Waals surface area contributed by atoms with Crippen molar-refractivity contribution < 1.29 is 58.7 Å². The highest BCUT2D eigenvalue weighted by molar-refractivity contribution is 5.87. The molecule has 5 rings (SSSR count). The maximum Gasteiger partial charge on any atom is 0.331 e. The van der Waals surface area contributed by atoms with Crippen LogP contribution < -0.4 is 4.74 Å². The number of carbonyl (C=O) groups excluding carboxylic acids is 1. The average Bonchev–Trinajstić information content (AvgIpc) is 3.60. The van der Waals surface area contributed by atoms with Gasteiger partial charge in [0, 0.05) is 12.0 Å². The second-order valence-corrected chi connectivity index (χ2v) is 9.43. The van der Waals surface area contributed by atoms with E-state index >= 15 is 0 Å². The fourth-order valence-corrected chi connectivity index (χ4v) is 5.34. The van der Waals surface area contributed by atoms with E-state index in [-0.39, 0.29) is 0 Å². The maximum atomic E-state index is 12.6. The van der Waals surface area contributed by atoms with Gasteiger partial charge in [-0.1, -0.05) is 12.1 Å². The highest BCUT2D eigenvalue weighted by Gasteiger charge is 2.77. The number of ether oxygens (including phenoxy) is 6. The molecule has 1 aromatic rings. The van der Waals surface area contributed by atoms with E-state index in [4.69, 9.17) is 28.4 Å². The van der Waals surface area contributed by atoms with Crippen LogP contribution in [0.4, 0.5) is 0 Å². The van der Waals surface area contributed by atoms with E-state index in [1.54, 1.807) is 43.5 Å². The van der Waals surface area contributed by atoms with Crippen molar-refractivity contribution >= 4 is 12.0 Å². The molecule has 5 N–H and O–H groups in total. The molecule has 4 aliphatic rings. The Morgan fingerprint density at radius 1 is 1.08 bits per heavy atom. The Labute approximate surface area is 212 Å². The molecule has 1 unspecified atom stereocenters. The van der Waals surface area contributed by atoms with Crippen molar-refractivity contribution in [1.82, 2.24) is 0 Å². The average molecular weight is 523 g/mol. The van der Waals surface area contributed by atoms with E-state index in [2.05, 4.69) is 0 Å². The van der Waals surface area contributed by atoms with E-state index in [9.17, 15) is 30.3 Å². The molecule has 202 valence electrons. The number of esters is 1. The van der Waals surface area contributed by atoms with Crippen LogP contribution in [-0.2, 0) is 28.5 Å². The van der Waals surface area contributed by atoms with E-state index in [0.717, 1.165) is 5.56 Å². The fraction of sp³-hybridized carbons (Fsp3) is 0.560. The maximum absolute atomic E-state index is 12.6. The minimum absolute atomic E-state index is 0.402. The SMILES string of the molecule is COc1ccc(/C=C/C(=O)O[C@H]2[C@@H]3C=CO[C@@H](O[C@@H]4O[C@H](CO)[C@@H](O)[C@H](O)[C@H]4O)C3[C@@]3(CO)O[C@@H]23)cc1. The zero-order valence-corrected chi connectivity index (χ0v) is 19.9. The fourth-order valence-electron chi connectivity index (χ4n) is 5.34. The van der Waals surface area contributed by atoms with Crippen molar-refractivity contribution in [1.29, 1.82) is 0 Å². The Morgan fingerprint density at radius 3 is 2.51 bits per heavy atom. The molecule has 12 nitrogen and oxygen atoms in total. The third-order valence-electron chi connectivity index (χ3n) is 7.38. The Balaban J connectivity index is 1.28. The third kappa shape index (κ3) is 4.64. The summed E-state index contributed by atoms with van der Waals surface area (Å²) in [5, 5.41) is 50.1. The molecule has 0 radical (unpaired) electrons. The van der Waals surface area contributed by atoms with Gasteiger partial charge in [0.15, 0.2) is 6.29 Å². The number of hydrogen-bond donors (Lipinski definition) is 5. The predicted octanol–water partition coefficient (Wildman–Crippen LogP) is -1.32. The van der Waals surface area contributed by atoms with Gasteiger partial charge in [0.25, 0.3) is 0 Å². The number of aliphatic hydroxyl groups is 5. The summed E-state index contributed by atoms with van der Waals surface area (Å²) in [6.07, 6.45) is -3.94. The Hall–Kier alpha value is -2.55. The molecule has 12 heteroatoms. The molecule has 0 amide bonds. The van der Waals surface area contributed by atoms with E-state index in [0.29, 0.717) is 5.75 Å². The Kier molecular flexibility index (Phi) is 7.27. The van der Waals surface area contributed by atoms with Gasteiger partial charge < -0.3 is 54.0 Å². The minimum atomic E-state index is -1.63. The number of rotatable bonds is 8. The summed E-state index contributed by atoms with van der Waals surface area (Å²) in [6, 6.07) is 7.11. The molecule has 11 atom stereocenters. The summed E-state index contributed by atoms with van der Waals surface area (Å²) in [7, 11) is 1.56. The van der Waals surface area contributed by atoms with Crippen molar-refractivity contribution in [3.63, 3.8) is 0 Å². The minimum Gasteiger partial charge on any atom is -0.497 e.